The average Bonchev–Trinajstić information content (AvgIpc) is 3.05. The molecule has 268 valence electrons. The third kappa shape index (κ3) is 11.1. The Balaban J connectivity index is 1.68. The standard InChI is InChI=1S/C34H52N4O8S2/c1-7-27(5)31(35-47(41,42)29-13-9-25(3)10-14-29)33(39)37-17-21-45-23-19-38(20-24-46-22-18-37)34(40)32(28(6)8-2)36-48(43,44)30-15-11-26(4)12-16-30/h9-16,27-28,31-32,35-36H,7-8,17-24H2,1-6H3. The summed E-state index contributed by atoms with van der Waals surface area (Å²) in [7, 11) is -7.91. The van der Waals surface area contributed by atoms with Crippen molar-refractivity contribution in [2.24, 2.45) is 11.8 Å². The van der Waals surface area contributed by atoms with Crippen LogP contribution in [0, 0.1) is 25.7 Å². The minimum Gasteiger partial charge on any atom is -0.378 e. The smallest absolute Gasteiger partial charge is 0.241 e. The highest BCUT2D eigenvalue weighted by atomic mass is 32.2. The van der Waals surface area contributed by atoms with Gasteiger partial charge in [-0.25, -0.2) is 16.8 Å². The molecule has 0 spiro atoms. The van der Waals surface area contributed by atoms with Crippen molar-refractivity contribution in [1.29, 1.82) is 0 Å². The Labute approximate surface area is 286 Å². The lowest BCUT2D eigenvalue weighted by atomic mass is 9.99. The van der Waals surface area contributed by atoms with Crippen molar-refractivity contribution in [2.45, 2.75) is 76.3 Å². The molecule has 0 bridgehead atoms. The number of carbonyl (C=O) groups is 2. The van der Waals surface area contributed by atoms with Crippen LogP contribution < -0.4 is 9.44 Å². The van der Waals surface area contributed by atoms with Crippen LogP contribution in [-0.4, -0.2) is 103 Å². The second-order valence-electron chi connectivity index (χ2n) is 12.5. The predicted molar refractivity (Wildman–Crippen MR) is 184 cm³/mol. The molecule has 0 aromatic heterocycles. The van der Waals surface area contributed by atoms with Crippen molar-refractivity contribution < 1.29 is 35.9 Å². The van der Waals surface area contributed by atoms with Crippen molar-refractivity contribution in [3.8, 4) is 0 Å². The van der Waals surface area contributed by atoms with E-state index in [1.807, 2.05) is 41.5 Å². The molecule has 1 saturated heterocycles. The fourth-order valence-electron chi connectivity index (χ4n) is 5.16. The third-order valence-electron chi connectivity index (χ3n) is 8.83. The lowest BCUT2D eigenvalue weighted by Crippen LogP contribution is -2.54. The van der Waals surface area contributed by atoms with E-state index < -0.39 is 32.1 Å². The Morgan fingerprint density at radius 3 is 1.19 bits per heavy atom. The van der Waals surface area contributed by atoms with Crippen molar-refractivity contribution >= 4 is 31.9 Å². The molecular formula is C34H52N4O8S2. The first-order valence-electron chi connectivity index (χ1n) is 16.6. The van der Waals surface area contributed by atoms with Crippen LogP contribution in [0.3, 0.4) is 0 Å². The summed E-state index contributed by atoms with van der Waals surface area (Å²) in [5.74, 6) is -1.28. The number of rotatable bonds is 12. The number of aryl methyl sites for hydroxylation is 2. The normalized spacial score (nSPS) is 18.2. The van der Waals surface area contributed by atoms with Crippen molar-refractivity contribution in [3.63, 3.8) is 0 Å². The summed E-state index contributed by atoms with van der Waals surface area (Å²) in [6, 6.07) is 11.0. The van der Waals surface area contributed by atoms with Crippen LogP contribution in [0.5, 0.6) is 0 Å². The topological polar surface area (TPSA) is 151 Å². The van der Waals surface area contributed by atoms with Gasteiger partial charge in [0.05, 0.1) is 36.2 Å². The maximum atomic E-state index is 13.8. The zero-order valence-electron chi connectivity index (χ0n) is 29.0. The molecular weight excluding hydrogens is 657 g/mol. The first-order valence-corrected chi connectivity index (χ1v) is 19.6. The van der Waals surface area contributed by atoms with Crippen LogP contribution in [0.1, 0.15) is 51.7 Å². The maximum absolute atomic E-state index is 13.8. The Morgan fingerprint density at radius 2 is 0.917 bits per heavy atom. The van der Waals surface area contributed by atoms with Crippen LogP contribution in [0.4, 0.5) is 0 Å². The van der Waals surface area contributed by atoms with Gasteiger partial charge in [0.15, 0.2) is 0 Å². The zero-order chi connectivity index (χ0) is 35.5. The molecule has 12 nitrogen and oxygen atoms in total. The average molecular weight is 709 g/mol. The minimum absolute atomic E-state index is 0.0900. The van der Waals surface area contributed by atoms with Gasteiger partial charge in [-0.05, 0) is 49.9 Å². The van der Waals surface area contributed by atoms with E-state index in [9.17, 15) is 26.4 Å². The van der Waals surface area contributed by atoms with Crippen molar-refractivity contribution in [1.82, 2.24) is 19.2 Å². The highest BCUT2D eigenvalue weighted by molar-refractivity contribution is 7.89. The van der Waals surface area contributed by atoms with Gasteiger partial charge in [0.25, 0.3) is 0 Å². The Kier molecular flexibility index (Phi) is 15.0. The van der Waals surface area contributed by atoms with Gasteiger partial charge >= 0.3 is 0 Å². The number of nitrogens with one attached hydrogen (secondary N) is 2. The van der Waals surface area contributed by atoms with Crippen LogP contribution in [0.15, 0.2) is 58.3 Å². The second kappa shape index (κ2) is 18.2. The van der Waals surface area contributed by atoms with E-state index in [1.165, 1.54) is 24.3 Å². The van der Waals surface area contributed by atoms with E-state index in [1.54, 1.807) is 34.1 Å². The molecule has 1 aliphatic rings. The summed E-state index contributed by atoms with van der Waals surface area (Å²) >= 11 is 0. The molecule has 2 aromatic rings. The van der Waals surface area contributed by atoms with Crippen LogP contribution >= 0.6 is 0 Å². The number of nitrogens with zero attached hydrogens (tertiary/aromatic N) is 2. The Bertz CT molecular complexity index is 1420. The van der Waals surface area contributed by atoms with E-state index in [2.05, 4.69) is 9.44 Å². The molecule has 4 unspecified atom stereocenters. The van der Waals surface area contributed by atoms with E-state index in [4.69, 9.17) is 9.47 Å². The second-order valence-corrected chi connectivity index (χ2v) is 15.9. The van der Waals surface area contributed by atoms with Gasteiger partial charge in [-0.2, -0.15) is 9.44 Å². The molecule has 0 aliphatic carbocycles. The van der Waals surface area contributed by atoms with Crippen LogP contribution in [-0.2, 0) is 39.1 Å². The highest BCUT2D eigenvalue weighted by Gasteiger charge is 2.34. The molecule has 48 heavy (non-hydrogen) atoms. The molecule has 0 saturated carbocycles. The number of hydrogen-bond acceptors (Lipinski definition) is 8. The number of sulfonamides is 2. The van der Waals surface area contributed by atoms with Gasteiger partial charge in [-0.15, -0.1) is 0 Å². The molecule has 3 rings (SSSR count). The third-order valence-corrected chi connectivity index (χ3v) is 11.7. The number of hydrogen-bond donors (Lipinski definition) is 2. The highest BCUT2D eigenvalue weighted by Crippen LogP contribution is 2.19. The van der Waals surface area contributed by atoms with E-state index in [0.717, 1.165) is 11.1 Å². The lowest BCUT2D eigenvalue weighted by molar-refractivity contribution is -0.137. The molecule has 1 heterocycles. The number of ether oxygens (including phenoxy) is 2. The summed E-state index contributed by atoms with van der Waals surface area (Å²) < 4.78 is 69.9. The van der Waals surface area contributed by atoms with Gasteiger partial charge in [0.2, 0.25) is 31.9 Å². The zero-order valence-corrected chi connectivity index (χ0v) is 30.6. The first kappa shape index (κ1) is 39.6. The SMILES string of the molecule is CCC(C)C(NS(=O)(=O)c1ccc(C)cc1)C(=O)N1CCOCCN(C(=O)C(NS(=O)(=O)c2ccc(C)cc2)C(C)CC)CCOCC1. The van der Waals surface area contributed by atoms with Crippen molar-refractivity contribution in [2.75, 3.05) is 52.6 Å². The van der Waals surface area contributed by atoms with Crippen LogP contribution in [0.25, 0.3) is 0 Å². The van der Waals surface area contributed by atoms with Gasteiger partial charge in [0, 0.05) is 26.2 Å². The molecule has 2 aromatic carbocycles. The van der Waals surface area contributed by atoms with Gasteiger partial charge in [0.1, 0.15) is 12.1 Å². The van der Waals surface area contributed by atoms with E-state index in [0.29, 0.717) is 12.8 Å². The lowest BCUT2D eigenvalue weighted by Gasteiger charge is -2.32. The fourth-order valence-corrected chi connectivity index (χ4v) is 7.75. The Morgan fingerprint density at radius 1 is 0.625 bits per heavy atom. The minimum atomic E-state index is -3.95. The van der Waals surface area contributed by atoms with E-state index >= 15 is 0 Å². The summed E-state index contributed by atoms with van der Waals surface area (Å²) in [6.45, 7) is 12.6. The molecule has 1 fully saturated rings. The molecule has 2 N–H and O–H groups in total. The van der Waals surface area contributed by atoms with Crippen molar-refractivity contribution in [3.05, 3.63) is 59.7 Å². The number of benzene rings is 2. The largest absolute Gasteiger partial charge is 0.378 e. The predicted octanol–water partition coefficient (Wildman–Crippen LogP) is 3.09. The summed E-state index contributed by atoms with van der Waals surface area (Å²) in [6.07, 6.45) is 1.16. The molecule has 2 amide bonds. The molecule has 0 radical (unpaired) electrons. The monoisotopic (exact) mass is 708 g/mol. The molecule has 4 atom stereocenters. The van der Waals surface area contributed by atoms with Crippen LogP contribution in [0.2, 0.25) is 0 Å². The summed E-state index contributed by atoms with van der Waals surface area (Å²) in [5.41, 5.74) is 1.85. The molecule has 1 aliphatic heterocycles. The first-order chi connectivity index (χ1) is 22.7. The fraction of sp³-hybridized carbons (Fsp3) is 0.588. The quantitative estimate of drug-likeness (QED) is 0.342. The Hall–Kier alpha value is -2.88. The maximum Gasteiger partial charge on any atom is 0.241 e. The summed E-state index contributed by atoms with van der Waals surface area (Å²) in [5, 5.41) is 0. The van der Waals surface area contributed by atoms with Gasteiger partial charge < -0.3 is 19.3 Å². The number of amides is 2. The van der Waals surface area contributed by atoms with Gasteiger partial charge in [-0.1, -0.05) is 75.9 Å². The van der Waals surface area contributed by atoms with Gasteiger partial charge in [-0.3, -0.25) is 9.59 Å². The van der Waals surface area contributed by atoms with E-state index in [-0.39, 0.29) is 86.0 Å². The summed E-state index contributed by atoms with van der Waals surface area (Å²) in [4.78, 5) is 30.9. The molecule has 14 heteroatoms. The number of carbonyl (C=O) groups excluding carboxylic acids is 2.